The van der Waals surface area contributed by atoms with Crippen LogP contribution in [-0.2, 0) is 0 Å². The van der Waals surface area contributed by atoms with Crippen molar-refractivity contribution < 1.29 is 9.90 Å². The van der Waals surface area contributed by atoms with Gasteiger partial charge in [0.1, 0.15) is 0 Å². The third kappa shape index (κ3) is 2.70. The summed E-state index contributed by atoms with van der Waals surface area (Å²) in [6.45, 7) is 2.01. The van der Waals surface area contributed by atoms with Crippen molar-refractivity contribution in [3.63, 3.8) is 0 Å². The van der Waals surface area contributed by atoms with Crippen molar-refractivity contribution in [3.8, 4) is 0 Å². The molecule has 0 aliphatic carbocycles. The SMILES string of the molecule is CCC(O)CNC(=O)c1nc(N)n[nH]1. The van der Waals surface area contributed by atoms with Gasteiger partial charge in [0, 0.05) is 6.54 Å². The lowest BCUT2D eigenvalue weighted by atomic mass is 10.3. The molecule has 1 amide bonds. The molecule has 78 valence electrons. The van der Waals surface area contributed by atoms with Crippen LogP contribution in [0.3, 0.4) is 0 Å². The number of H-pyrrole nitrogens is 1. The highest BCUT2D eigenvalue weighted by atomic mass is 16.3. The number of aliphatic hydroxyl groups excluding tert-OH is 1. The summed E-state index contributed by atoms with van der Waals surface area (Å²) in [4.78, 5) is 14.9. The van der Waals surface area contributed by atoms with E-state index in [2.05, 4.69) is 20.5 Å². The number of carbonyl (C=O) groups is 1. The molecular weight excluding hydrogens is 186 g/mol. The minimum absolute atomic E-state index is 0.0196. The fraction of sp³-hybridized carbons (Fsp3) is 0.571. The van der Waals surface area contributed by atoms with E-state index in [1.807, 2.05) is 6.92 Å². The maximum absolute atomic E-state index is 11.3. The van der Waals surface area contributed by atoms with Crippen LogP contribution in [0.5, 0.6) is 0 Å². The first-order valence-electron chi connectivity index (χ1n) is 4.27. The zero-order chi connectivity index (χ0) is 10.6. The summed E-state index contributed by atoms with van der Waals surface area (Å²) in [5, 5.41) is 17.5. The van der Waals surface area contributed by atoms with E-state index in [4.69, 9.17) is 5.73 Å². The molecule has 1 aromatic rings. The van der Waals surface area contributed by atoms with Gasteiger partial charge in [0.15, 0.2) is 0 Å². The van der Waals surface area contributed by atoms with Crippen LogP contribution in [0.4, 0.5) is 5.95 Å². The number of amides is 1. The summed E-state index contributed by atoms with van der Waals surface area (Å²) >= 11 is 0. The molecule has 7 nitrogen and oxygen atoms in total. The molecule has 1 heterocycles. The maximum atomic E-state index is 11.3. The van der Waals surface area contributed by atoms with E-state index in [1.54, 1.807) is 0 Å². The van der Waals surface area contributed by atoms with Crippen molar-refractivity contribution in [2.24, 2.45) is 0 Å². The van der Waals surface area contributed by atoms with Gasteiger partial charge in [-0.3, -0.25) is 9.89 Å². The number of carbonyl (C=O) groups excluding carboxylic acids is 1. The van der Waals surface area contributed by atoms with Crippen molar-refractivity contribution in [3.05, 3.63) is 5.82 Å². The van der Waals surface area contributed by atoms with E-state index in [0.29, 0.717) is 6.42 Å². The fourth-order valence-corrected chi connectivity index (χ4v) is 0.815. The largest absolute Gasteiger partial charge is 0.391 e. The Balaban J connectivity index is 2.43. The molecule has 1 unspecified atom stereocenters. The second-order valence-corrected chi connectivity index (χ2v) is 2.81. The minimum Gasteiger partial charge on any atom is -0.391 e. The topological polar surface area (TPSA) is 117 Å². The van der Waals surface area contributed by atoms with Gasteiger partial charge in [-0.25, -0.2) is 0 Å². The minimum atomic E-state index is -0.542. The molecule has 0 saturated heterocycles. The van der Waals surface area contributed by atoms with E-state index < -0.39 is 12.0 Å². The fourth-order valence-electron chi connectivity index (χ4n) is 0.815. The molecule has 0 fully saturated rings. The summed E-state index contributed by atoms with van der Waals surface area (Å²) in [6, 6.07) is 0. The van der Waals surface area contributed by atoms with Gasteiger partial charge in [0.25, 0.3) is 5.91 Å². The molecule has 5 N–H and O–H groups in total. The predicted octanol–water partition coefficient (Wildman–Crippen LogP) is -1.11. The monoisotopic (exact) mass is 199 g/mol. The number of aromatic amines is 1. The van der Waals surface area contributed by atoms with E-state index in [-0.39, 0.29) is 18.3 Å². The first-order valence-corrected chi connectivity index (χ1v) is 4.27. The molecule has 1 rings (SSSR count). The smallest absolute Gasteiger partial charge is 0.288 e. The van der Waals surface area contributed by atoms with Gasteiger partial charge in [0.2, 0.25) is 11.8 Å². The van der Waals surface area contributed by atoms with E-state index in [0.717, 1.165) is 0 Å². The first-order chi connectivity index (χ1) is 6.63. The van der Waals surface area contributed by atoms with Gasteiger partial charge in [0.05, 0.1) is 6.10 Å². The van der Waals surface area contributed by atoms with Crippen molar-refractivity contribution in [2.75, 3.05) is 12.3 Å². The second kappa shape index (κ2) is 4.56. The summed E-state index contributed by atoms with van der Waals surface area (Å²) in [5.41, 5.74) is 5.22. The molecule has 0 saturated carbocycles. The van der Waals surface area contributed by atoms with Crippen LogP contribution in [0.25, 0.3) is 0 Å². The molecule has 0 aliphatic heterocycles. The molecule has 7 heteroatoms. The van der Waals surface area contributed by atoms with Crippen molar-refractivity contribution in [1.29, 1.82) is 0 Å². The molecule has 0 bridgehead atoms. The van der Waals surface area contributed by atoms with Crippen molar-refractivity contribution >= 4 is 11.9 Å². The number of aliphatic hydroxyl groups is 1. The number of hydrogen-bond acceptors (Lipinski definition) is 5. The Bertz CT molecular complexity index is 311. The summed E-state index contributed by atoms with van der Waals surface area (Å²) in [5.74, 6) is -0.362. The lowest BCUT2D eigenvalue weighted by molar-refractivity contribution is 0.0904. The van der Waals surface area contributed by atoms with Crippen LogP contribution in [0.15, 0.2) is 0 Å². The zero-order valence-corrected chi connectivity index (χ0v) is 7.82. The van der Waals surface area contributed by atoms with Gasteiger partial charge in [-0.15, -0.1) is 5.10 Å². The highest BCUT2D eigenvalue weighted by Crippen LogP contribution is 1.93. The Morgan fingerprint density at radius 2 is 2.50 bits per heavy atom. The molecule has 1 atom stereocenters. The quantitative estimate of drug-likeness (QED) is 0.490. The average Bonchev–Trinajstić information content (AvgIpc) is 2.60. The van der Waals surface area contributed by atoms with E-state index in [1.165, 1.54) is 0 Å². The van der Waals surface area contributed by atoms with Crippen LogP contribution in [0.2, 0.25) is 0 Å². The molecule has 14 heavy (non-hydrogen) atoms. The Kier molecular flexibility index (Phi) is 3.41. The lowest BCUT2D eigenvalue weighted by Crippen LogP contribution is -2.32. The number of rotatable bonds is 4. The molecule has 1 aromatic heterocycles. The third-order valence-corrected chi connectivity index (χ3v) is 1.69. The van der Waals surface area contributed by atoms with Crippen molar-refractivity contribution in [2.45, 2.75) is 19.4 Å². The summed E-state index contributed by atoms with van der Waals surface area (Å²) in [6.07, 6.45) is 0.0398. The number of nitrogen functional groups attached to an aromatic ring is 1. The Morgan fingerprint density at radius 3 is 3.00 bits per heavy atom. The Morgan fingerprint density at radius 1 is 1.79 bits per heavy atom. The van der Waals surface area contributed by atoms with E-state index >= 15 is 0 Å². The van der Waals surface area contributed by atoms with E-state index in [9.17, 15) is 9.90 Å². The van der Waals surface area contributed by atoms with Gasteiger partial charge >= 0.3 is 0 Å². The Hall–Kier alpha value is -1.63. The summed E-state index contributed by atoms with van der Waals surface area (Å²) < 4.78 is 0. The maximum Gasteiger partial charge on any atom is 0.288 e. The van der Waals surface area contributed by atoms with Crippen LogP contribution in [0, 0.1) is 0 Å². The molecule has 0 spiro atoms. The highest BCUT2D eigenvalue weighted by molar-refractivity contribution is 5.90. The number of nitrogens with one attached hydrogen (secondary N) is 2. The van der Waals surface area contributed by atoms with Gasteiger partial charge in [-0.2, -0.15) is 4.98 Å². The molecule has 0 radical (unpaired) electrons. The Labute approximate surface area is 80.7 Å². The first kappa shape index (κ1) is 10.5. The molecule has 0 aliphatic rings. The average molecular weight is 199 g/mol. The second-order valence-electron chi connectivity index (χ2n) is 2.81. The number of nitrogens with two attached hydrogens (primary N) is 1. The van der Waals surface area contributed by atoms with Crippen LogP contribution >= 0.6 is 0 Å². The lowest BCUT2D eigenvalue weighted by Gasteiger charge is -2.07. The van der Waals surface area contributed by atoms with Gasteiger partial charge in [-0.1, -0.05) is 6.92 Å². The third-order valence-electron chi connectivity index (χ3n) is 1.69. The van der Waals surface area contributed by atoms with Gasteiger partial charge < -0.3 is 16.2 Å². The van der Waals surface area contributed by atoms with Crippen LogP contribution in [-0.4, -0.2) is 38.8 Å². The predicted molar refractivity (Wildman–Crippen MR) is 49.4 cm³/mol. The molecule has 0 aromatic carbocycles. The normalized spacial score (nSPS) is 12.4. The molecular formula is C7H13N5O2. The number of nitrogens with zero attached hydrogens (tertiary/aromatic N) is 2. The van der Waals surface area contributed by atoms with Crippen molar-refractivity contribution in [1.82, 2.24) is 20.5 Å². The number of anilines is 1. The number of hydrogen-bond donors (Lipinski definition) is 4. The van der Waals surface area contributed by atoms with Crippen LogP contribution < -0.4 is 11.1 Å². The standard InChI is InChI=1S/C7H13N5O2/c1-2-4(13)3-9-6(14)5-10-7(8)12-11-5/h4,13H,2-3H2,1H3,(H,9,14)(H3,8,10,11,12). The van der Waals surface area contributed by atoms with Gasteiger partial charge in [-0.05, 0) is 6.42 Å². The highest BCUT2D eigenvalue weighted by Gasteiger charge is 2.11. The number of aromatic nitrogens is 3. The zero-order valence-electron chi connectivity index (χ0n) is 7.82. The van der Waals surface area contributed by atoms with Crippen LogP contribution in [0.1, 0.15) is 24.0 Å². The summed E-state index contributed by atoms with van der Waals surface area (Å²) in [7, 11) is 0.